The lowest BCUT2D eigenvalue weighted by atomic mass is 10.0. The van der Waals surface area contributed by atoms with Crippen molar-refractivity contribution in [1.82, 2.24) is 36.8 Å². The highest BCUT2D eigenvalue weighted by atomic mass is 32.2. The average molecular weight is 1040 g/mol. The number of likely N-dealkylation sites (tertiary alicyclic amines) is 1. The van der Waals surface area contributed by atoms with Crippen LogP contribution >= 0.6 is 11.8 Å². The zero-order valence-electron chi connectivity index (χ0n) is 39.0. The van der Waals surface area contributed by atoms with Gasteiger partial charge in [-0.05, 0) is 74.7 Å². The van der Waals surface area contributed by atoms with E-state index in [4.69, 9.17) is 16.6 Å². The maximum Gasteiger partial charge on any atom is 0.326 e. The van der Waals surface area contributed by atoms with E-state index >= 15 is 0 Å². The Hall–Kier alpha value is -7.56. The van der Waals surface area contributed by atoms with Gasteiger partial charge in [0, 0.05) is 38.6 Å². The van der Waals surface area contributed by atoms with Crippen LogP contribution in [0.4, 0.5) is 0 Å². The van der Waals surface area contributed by atoms with Gasteiger partial charge in [0.15, 0.2) is 0 Å². The van der Waals surface area contributed by atoms with Crippen molar-refractivity contribution in [3.8, 4) is 5.75 Å². The van der Waals surface area contributed by atoms with E-state index in [-0.39, 0.29) is 38.0 Å². The lowest BCUT2D eigenvalue weighted by Crippen LogP contribution is -2.60. The predicted octanol–water partition coefficient (Wildman–Crippen LogP) is -3.67. The van der Waals surface area contributed by atoms with E-state index < -0.39 is 183 Å². The summed E-state index contributed by atoms with van der Waals surface area (Å²) in [5, 5.41) is 70.6. The number of carboxylic acid groups (broad SMARTS) is 5. The summed E-state index contributed by atoms with van der Waals surface area (Å²) in [6.45, 7) is -0.173. The molecule has 1 fully saturated rings. The van der Waals surface area contributed by atoms with Gasteiger partial charge in [0.05, 0.1) is 12.5 Å². The quantitative estimate of drug-likeness (QED) is 0.0323. The number of carboxylic acids is 5. The molecule has 8 atom stereocenters. The molecule has 72 heavy (non-hydrogen) atoms. The summed E-state index contributed by atoms with van der Waals surface area (Å²) in [6.07, 6.45) is -4.37. The Labute approximate surface area is 415 Å². The minimum Gasteiger partial charge on any atom is -0.508 e. The van der Waals surface area contributed by atoms with Crippen LogP contribution in [0.3, 0.4) is 0 Å². The number of carbonyl (C=O) groups is 13. The van der Waals surface area contributed by atoms with Gasteiger partial charge in [0.25, 0.3) is 0 Å². The molecule has 28 nitrogen and oxygen atoms in total. The summed E-state index contributed by atoms with van der Waals surface area (Å²) in [7, 11) is 0. The van der Waals surface area contributed by atoms with Crippen molar-refractivity contribution in [2.45, 2.75) is 132 Å². The normalized spacial score (nSPS) is 15.9. The van der Waals surface area contributed by atoms with Gasteiger partial charge < -0.3 is 78.9 Å². The summed E-state index contributed by atoms with van der Waals surface area (Å²) >= 11 is 1.38. The molecule has 2 rings (SSSR count). The van der Waals surface area contributed by atoms with Crippen LogP contribution in [0, 0.1) is 0 Å². The molecular weight excluding hydrogens is 979 g/mol. The lowest BCUT2D eigenvalue weighted by molar-refractivity contribution is -0.144. The highest BCUT2D eigenvalue weighted by Gasteiger charge is 2.41. The largest absolute Gasteiger partial charge is 0.508 e. The van der Waals surface area contributed by atoms with Crippen molar-refractivity contribution in [3.05, 3.63) is 29.8 Å². The van der Waals surface area contributed by atoms with E-state index in [0.717, 1.165) is 4.90 Å². The summed E-state index contributed by atoms with van der Waals surface area (Å²) in [4.78, 5) is 166. The first-order valence-electron chi connectivity index (χ1n) is 22.4. The SMILES string of the molecule is CSCC[C@H](N)C(=O)N[C@H](CC(=O)O)C(=O)N[C@@H](Cc1ccc(O)cc1)C(=O)N[C@@H](CCC(=O)O)C(=O)N1CCC[C@H]1C(=O)N[C@H](CCC(=O)O)C(=O)N[C@@H](CCC(N)=O)C(=O)N[C@H](CCC(=O)O)C(=O)O. The molecule has 0 bridgehead atoms. The van der Waals surface area contributed by atoms with Gasteiger partial charge in [-0.1, -0.05) is 12.1 Å². The summed E-state index contributed by atoms with van der Waals surface area (Å²) in [6, 6.07) is -7.75. The molecule has 16 N–H and O–H groups in total. The fraction of sp³-hybridized carbons (Fsp3) is 0.558. The van der Waals surface area contributed by atoms with Crippen molar-refractivity contribution < 1.29 is 93.0 Å². The number of carbonyl (C=O) groups excluding carboxylic acids is 8. The number of benzene rings is 1. The molecule has 1 saturated heterocycles. The Morgan fingerprint density at radius 3 is 1.58 bits per heavy atom. The van der Waals surface area contributed by atoms with E-state index in [1.165, 1.54) is 36.0 Å². The molecule has 29 heteroatoms. The number of thioether (sulfide) groups is 1. The molecule has 1 aromatic carbocycles. The van der Waals surface area contributed by atoms with E-state index in [9.17, 15) is 87.9 Å². The number of nitrogens with zero attached hydrogens (tertiary/aromatic N) is 1. The van der Waals surface area contributed by atoms with Gasteiger partial charge in [-0.2, -0.15) is 11.8 Å². The third kappa shape index (κ3) is 21.6. The summed E-state index contributed by atoms with van der Waals surface area (Å²) in [5.74, 6) is -15.7. The minimum atomic E-state index is -1.77. The third-order valence-electron chi connectivity index (χ3n) is 10.9. The first kappa shape index (κ1) is 60.6. The van der Waals surface area contributed by atoms with Crippen LogP contribution < -0.4 is 43.4 Å². The van der Waals surface area contributed by atoms with Crippen LogP contribution in [0.1, 0.15) is 82.6 Å². The molecule has 0 spiro atoms. The highest BCUT2D eigenvalue weighted by Crippen LogP contribution is 2.21. The van der Waals surface area contributed by atoms with Crippen LogP contribution in [-0.4, -0.2) is 180 Å². The molecule has 0 saturated carbocycles. The van der Waals surface area contributed by atoms with E-state index in [0.29, 0.717) is 11.3 Å². The summed E-state index contributed by atoms with van der Waals surface area (Å²) in [5.41, 5.74) is 11.5. The van der Waals surface area contributed by atoms with Crippen LogP contribution in [0.25, 0.3) is 0 Å². The average Bonchev–Trinajstić information content (AvgIpc) is 3.80. The second-order valence-corrected chi connectivity index (χ2v) is 17.5. The topological polar surface area (TPSA) is 471 Å². The fourth-order valence-corrected chi connectivity index (χ4v) is 7.61. The Bertz CT molecular complexity index is 2160. The van der Waals surface area contributed by atoms with Crippen molar-refractivity contribution >= 4 is 88.9 Å². The van der Waals surface area contributed by atoms with Gasteiger partial charge in [0.1, 0.15) is 48.0 Å². The molecule has 1 heterocycles. The lowest BCUT2D eigenvalue weighted by Gasteiger charge is -2.31. The molecule has 0 aromatic heterocycles. The van der Waals surface area contributed by atoms with Crippen LogP contribution in [0.5, 0.6) is 5.75 Å². The third-order valence-corrected chi connectivity index (χ3v) is 11.6. The number of hydrogen-bond acceptors (Lipinski definition) is 16. The molecule has 1 aliphatic heterocycles. The van der Waals surface area contributed by atoms with Crippen molar-refractivity contribution in [3.63, 3.8) is 0 Å². The molecule has 8 amide bonds. The van der Waals surface area contributed by atoms with Crippen molar-refractivity contribution in [1.29, 1.82) is 0 Å². The predicted molar refractivity (Wildman–Crippen MR) is 248 cm³/mol. The molecule has 0 radical (unpaired) electrons. The molecule has 1 aromatic rings. The number of phenolic OH excluding ortho intramolecular Hbond substituents is 1. The monoisotopic (exact) mass is 1040 g/mol. The number of nitrogens with two attached hydrogens (primary N) is 2. The first-order chi connectivity index (χ1) is 33.8. The number of aliphatic carboxylic acids is 5. The van der Waals surface area contributed by atoms with E-state index in [2.05, 4.69) is 31.9 Å². The van der Waals surface area contributed by atoms with Crippen molar-refractivity contribution in [2.24, 2.45) is 11.5 Å². The Balaban J connectivity index is 2.46. The zero-order valence-corrected chi connectivity index (χ0v) is 39.9. The molecule has 0 aliphatic carbocycles. The Morgan fingerprint density at radius 1 is 0.597 bits per heavy atom. The second-order valence-electron chi connectivity index (χ2n) is 16.6. The molecule has 0 unspecified atom stereocenters. The molecule has 398 valence electrons. The highest BCUT2D eigenvalue weighted by molar-refractivity contribution is 7.98. The zero-order chi connectivity index (χ0) is 54.2. The Morgan fingerprint density at radius 2 is 1.06 bits per heavy atom. The maximum atomic E-state index is 14.3. The number of aromatic hydroxyl groups is 1. The second kappa shape index (κ2) is 30.2. The molecular formula is C43H61N9O19S. The summed E-state index contributed by atoms with van der Waals surface area (Å²) < 4.78 is 0. The van der Waals surface area contributed by atoms with Gasteiger partial charge in [-0.15, -0.1) is 0 Å². The number of phenols is 1. The molecule has 1 aliphatic rings. The van der Waals surface area contributed by atoms with Crippen LogP contribution in [0.2, 0.25) is 0 Å². The Kier molecular flexibility index (Phi) is 25.4. The number of hydrogen-bond donors (Lipinski definition) is 14. The smallest absolute Gasteiger partial charge is 0.326 e. The van der Waals surface area contributed by atoms with E-state index in [1.807, 2.05) is 0 Å². The van der Waals surface area contributed by atoms with Crippen molar-refractivity contribution in [2.75, 3.05) is 18.6 Å². The van der Waals surface area contributed by atoms with Crippen LogP contribution in [0.15, 0.2) is 24.3 Å². The van der Waals surface area contributed by atoms with Crippen LogP contribution in [-0.2, 0) is 68.7 Å². The minimum absolute atomic E-state index is 0.0852. The van der Waals surface area contributed by atoms with E-state index in [1.54, 1.807) is 6.26 Å². The number of amides is 8. The number of rotatable bonds is 33. The van der Waals surface area contributed by atoms with Gasteiger partial charge in [-0.3, -0.25) is 57.5 Å². The van der Waals surface area contributed by atoms with Gasteiger partial charge in [0.2, 0.25) is 47.3 Å². The standard InChI is InChI=1S/C43H61N9O19S/c1-72-18-16-23(44)36(63)50-29(20-35(61)62)40(67)51-28(19-21-4-6-22(53)7-5-21)39(66)48-26(10-14-33(57)58)42(69)52-17-2-3-30(52)41(68)47-25(9-13-32(55)56)37(64)46-24(8-12-31(45)54)38(65)49-27(43(70)71)11-15-34(59)60/h4-7,23-30,53H,2-3,8-20,44H2,1H3,(H2,45,54)(H,46,64)(H,47,68)(H,48,66)(H,49,65)(H,50,63)(H,51,67)(H,55,56)(H,57,58)(H,59,60)(H,61,62)(H,70,71)/t23-,24-,25+,26-,27+,28-,29+,30-/m0/s1. The van der Waals surface area contributed by atoms with Gasteiger partial charge in [-0.25, -0.2) is 4.79 Å². The van der Waals surface area contributed by atoms with Gasteiger partial charge >= 0.3 is 29.8 Å². The number of primary amides is 1. The maximum absolute atomic E-state index is 14.3. The fourth-order valence-electron chi connectivity index (χ4n) is 7.12. The number of nitrogens with one attached hydrogen (secondary N) is 6. The first-order valence-corrected chi connectivity index (χ1v) is 23.8.